The molecule has 0 spiro atoms. The summed E-state index contributed by atoms with van der Waals surface area (Å²) in [7, 11) is 0. The zero-order chi connectivity index (χ0) is 11.7. The molecule has 1 aliphatic rings. The molecule has 1 aromatic carbocycles. The third kappa shape index (κ3) is 1.93. The molecule has 0 amide bonds. The second-order valence-corrected chi connectivity index (χ2v) is 5.37. The van der Waals surface area contributed by atoms with Gasteiger partial charge in [0.2, 0.25) is 0 Å². The number of benzene rings is 1. The van der Waals surface area contributed by atoms with Crippen molar-refractivity contribution in [1.29, 1.82) is 0 Å². The van der Waals surface area contributed by atoms with Gasteiger partial charge in [-0.3, -0.25) is 0 Å². The Morgan fingerprint density at radius 2 is 2.24 bits per heavy atom. The van der Waals surface area contributed by atoms with Gasteiger partial charge in [-0.25, -0.2) is 4.98 Å². The molecule has 0 N–H and O–H groups in total. The maximum Gasteiger partial charge on any atom is 0.187 e. The average Bonchev–Trinajstić information content (AvgIpc) is 2.82. The van der Waals surface area contributed by atoms with Crippen LogP contribution in [-0.2, 0) is 4.79 Å². The van der Waals surface area contributed by atoms with Crippen molar-refractivity contribution in [2.75, 3.05) is 11.4 Å². The largest absolute Gasteiger partial charge is 0.338 e. The summed E-state index contributed by atoms with van der Waals surface area (Å²) in [6, 6.07) is 8.15. The van der Waals surface area contributed by atoms with E-state index in [0.29, 0.717) is 0 Å². The molecule has 3 nitrogen and oxygen atoms in total. The molecule has 1 unspecified atom stereocenters. The van der Waals surface area contributed by atoms with Gasteiger partial charge in [-0.15, -0.1) is 0 Å². The molecule has 1 atom stereocenters. The van der Waals surface area contributed by atoms with Gasteiger partial charge in [0.25, 0.3) is 0 Å². The molecule has 2 aromatic rings. The monoisotopic (exact) mass is 246 g/mol. The topological polar surface area (TPSA) is 33.2 Å². The molecule has 0 saturated carbocycles. The average molecular weight is 246 g/mol. The Kier molecular flexibility index (Phi) is 2.81. The summed E-state index contributed by atoms with van der Waals surface area (Å²) in [5.41, 5.74) is 1.03. The number of fused-ring (bicyclic) bond motifs is 1. The van der Waals surface area contributed by atoms with E-state index in [1.165, 1.54) is 4.70 Å². The van der Waals surface area contributed by atoms with Gasteiger partial charge in [0, 0.05) is 6.54 Å². The van der Waals surface area contributed by atoms with Crippen LogP contribution >= 0.6 is 11.3 Å². The van der Waals surface area contributed by atoms with Crippen LogP contribution in [-0.4, -0.2) is 23.9 Å². The molecule has 17 heavy (non-hydrogen) atoms. The van der Waals surface area contributed by atoms with Crippen molar-refractivity contribution >= 4 is 33.0 Å². The van der Waals surface area contributed by atoms with E-state index >= 15 is 0 Å². The van der Waals surface area contributed by atoms with Gasteiger partial charge < -0.3 is 9.69 Å². The lowest BCUT2D eigenvalue weighted by atomic mass is 10.0. The fraction of sp³-hybridized carbons (Fsp3) is 0.385. The van der Waals surface area contributed by atoms with E-state index in [1.807, 2.05) is 18.2 Å². The van der Waals surface area contributed by atoms with Gasteiger partial charge in [0.05, 0.1) is 16.3 Å². The van der Waals surface area contributed by atoms with Gasteiger partial charge in [-0.05, 0) is 31.4 Å². The van der Waals surface area contributed by atoms with E-state index < -0.39 is 0 Å². The maximum atomic E-state index is 11.1. The minimum atomic E-state index is 0.0179. The van der Waals surface area contributed by atoms with Crippen LogP contribution in [0.2, 0.25) is 0 Å². The molecule has 4 heteroatoms. The first-order chi connectivity index (χ1) is 8.38. The van der Waals surface area contributed by atoms with Crippen molar-refractivity contribution in [3.63, 3.8) is 0 Å². The van der Waals surface area contributed by atoms with Crippen molar-refractivity contribution in [3.05, 3.63) is 24.3 Å². The van der Waals surface area contributed by atoms with E-state index in [-0.39, 0.29) is 6.04 Å². The van der Waals surface area contributed by atoms with Crippen LogP contribution in [0.15, 0.2) is 24.3 Å². The number of para-hydroxylation sites is 1. The summed E-state index contributed by atoms with van der Waals surface area (Å²) in [6.45, 7) is 0.948. The Hall–Kier alpha value is -1.42. The fourth-order valence-corrected chi connectivity index (χ4v) is 3.37. The zero-order valence-electron chi connectivity index (χ0n) is 9.50. The van der Waals surface area contributed by atoms with Gasteiger partial charge in [-0.2, -0.15) is 0 Å². The van der Waals surface area contributed by atoms with Crippen LogP contribution in [0.1, 0.15) is 19.3 Å². The highest BCUT2D eigenvalue weighted by Gasteiger charge is 2.24. The van der Waals surface area contributed by atoms with Crippen molar-refractivity contribution in [2.24, 2.45) is 0 Å². The van der Waals surface area contributed by atoms with Crippen LogP contribution in [0.25, 0.3) is 10.2 Å². The highest BCUT2D eigenvalue weighted by Crippen LogP contribution is 2.31. The number of nitrogens with zero attached hydrogens (tertiary/aromatic N) is 2. The third-order valence-electron chi connectivity index (χ3n) is 3.23. The Labute approximate surface area is 104 Å². The normalized spacial score (nSPS) is 20.7. The van der Waals surface area contributed by atoms with E-state index in [4.69, 9.17) is 0 Å². The summed E-state index contributed by atoms with van der Waals surface area (Å²) in [6.07, 6.45) is 4.32. The Morgan fingerprint density at radius 3 is 3.06 bits per heavy atom. The number of aldehydes is 1. The zero-order valence-corrected chi connectivity index (χ0v) is 10.3. The van der Waals surface area contributed by atoms with E-state index in [0.717, 1.165) is 42.7 Å². The summed E-state index contributed by atoms with van der Waals surface area (Å²) in [5.74, 6) is 0. The minimum absolute atomic E-state index is 0.0179. The number of rotatable bonds is 2. The molecule has 88 valence electrons. The predicted octanol–water partition coefficient (Wildman–Crippen LogP) is 2.85. The second-order valence-electron chi connectivity index (χ2n) is 4.36. The number of piperidine rings is 1. The van der Waals surface area contributed by atoms with E-state index in [9.17, 15) is 4.79 Å². The first-order valence-corrected chi connectivity index (χ1v) is 6.77. The molecule has 1 fully saturated rings. The van der Waals surface area contributed by atoms with Gasteiger partial charge in [0.15, 0.2) is 5.13 Å². The Bertz CT molecular complexity index is 504. The molecule has 0 aliphatic carbocycles. The maximum absolute atomic E-state index is 11.1. The molecule has 0 bridgehead atoms. The SMILES string of the molecule is O=CC1CCCCN1c1nc2ccccc2s1. The highest BCUT2D eigenvalue weighted by atomic mass is 32.1. The second kappa shape index (κ2) is 4.45. The minimum Gasteiger partial charge on any atom is -0.338 e. The number of anilines is 1. The standard InChI is InChI=1S/C13H14N2OS/c16-9-10-5-3-4-8-15(10)13-14-11-6-1-2-7-12(11)17-13/h1-2,6-7,9-10H,3-5,8H2. The first kappa shape index (κ1) is 10.7. The fourth-order valence-electron chi connectivity index (χ4n) is 2.32. The highest BCUT2D eigenvalue weighted by molar-refractivity contribution is 7.22. The number of aromatic nitrogens is 1. The molecule has 2 heterocycles. The molecule has 1 saturated heterocycles. The van der Waals surface area contributed by atoms with Crippen LogP contribution in [0, 0.1) is 0 Å². The van der Waals surface area contributed by atoms with Crippen LogP contribution in [0.5, 0.6) is 0 Å². The lowest BCUT2D eigenvalue weighted by Gasteiger charge is -2.31. The number of thiazole rings is 1. The summed E-state index contributed by atoms with van der Waals surface area (Å²) in [4.78, 5) is 17.9. The van der Waals surface area contributed by atoms with Crippen molar-refractivity contribution in [1.82, 2.24) is 4.98 Å². The van der Waals surface area contributed by atoms with Gasteiger partial charge in [0.1, 0.15) is 6.29 Å². The first-order valence-electron chi connectivity index (χ1n) is 5.96. The lowest BCUT2D eigenvalue weighted by Crippen LogP contribution is -2.40. The predicted molar refractivity (Wildman–Crippen MR) is 70.7 cm³/mol. The number of carbonyl (C=O) groups excluding carboxylic acids is 1. The molecular formula is C13H14N2OS. The van der Waals surface area contributed by atoms with Crippen molar-refractivity contribution < 1.29 is 4.79 Å². The van der Waals surface area contributed by atoms with Crippen molar-refractivity contribution in [2.45, 2.75) is 25.3 Å². The number of carbonyl (C=O) groups is 1. The smallest absolute Gasteiger partial charge is 0.187 e. The third-order valence-corrected chi connectivity index (χ3v) is 4.31. The number of hydrogen-bond donors (Lipinski definition) is 0. The molecular weight excluding hydrogens is 232 g/mol. The van der Waals surface area contributed by atoms with Crippen LogP contribution < -0.4 is 4.90 Å². The number of hydrogen-bond acceptors (Lipinski definition) is 4. The Balaban J connectivity index is 1.98. The van der Waals surface area contributed by atoms with Crippen LogP contribution in [0.3, 0.4) is 0 Å². The quantitative estimate of drug-likeness (QED) is 0.764. The molecule has 3 rings (SSSR count). The van der Waals surface area contributed by atoms with E-state index in [1.54, 1.807) is 11.3 Å². The summed E-state index contributed by atoms with van der Waals surface area (Å²) < 4.78 is 1.19. The van der Waals surface area contributed by atoms with Crippen molar-refractivity contribution in [3.8, 4) is 0 Å². The van der Waals surface area contributed by atoms with Gasteiger partial charge >= 0.3 is 0 Å². The molecule has 1 aliphatic heterocycles. The molecule has 1 aromatic heterocycles. The lowest BCUT2D eigenvalue weighted by molar-refractivity contribution is -0.109. The molecule has 0 radical (unpaired) electrons. The van der Waals surface area contributed by atoms with Gasteiger partial charge in [-0.1, -0.05) is 23.5 Å². The summed E-state index contributed by atoms with van der Waals surface area (Å²) in [5, 5.41) is 0.989. The van der Waals surface area contributed by atoms with E-state index in [2.05, 4.69) is 16.0 Å². The Morgan fingerprint density at radius 1 is 1.35 bits per heavy atom. The summed E-state index contributed by atoms with van der Waals surface area (Å²) >= 11 is 1.68. The van der Waals surface area contributed by atoms with Crippen LogP contribution in [0.4, 0.5) is 5.13 Å².